The van der Waals surface area contributed by atoms with Crippen LogP contribution in [0.3, 0.4) is 0 Å². The SMILES string of the molecule is NC(=O)CN1CCC(C(=O)N2CCC2c2ccccc2)CC1. The van der Waals surface area contributed by atoms with Crippen LogP contribution in [0.1, 0.15) is 30.9 Å². The van der Waals surface area contributed by atoms with Crippen molar-refractivity contribution in [2.45, 2.75) is 25.3 Å². The lowest BCUT2D eigenvalue weighted by atomic mass is 9.89. The lowest BCUT2D eigenvalue weighted by Gasteiger charge is -2.44. The van der Waals surface area contributed by atoms with Crippen LogP contribution in [0, 0.1) is 5.92 Å². The van der Waals surface area contributed by atoms with Crippen molar-refractivity contribution in [1.29, 1.82) is 0 Å². The molecule has 5 nitrogen and oxygen atoms in total. The van der Waals surface area contributed by atoms with Crippen LogP contribution in [0.15, 0.2) is 30.3 Å². The predicted molar refractivity (Wildman–Crippen MR) is 83.9 cm³/mol. The third-order valence-corrected chi connectivity index (χ3v) is 4.80. The predicted octanol–water partition coefficient (Wildman–Crippen LogP) is 1.16. The van der Waals surface area contributed by atoms with Gasteiger partial charge >= 0.3 is 0 Å². The first kappa shape index (κ1) is 15.0. The first-order valence-electron chi connectivity index (χ1n) is 8.01. The molecule has 1 unspecified atom stereocenters. The first-order chi connectivity index (χ1) is 10.6. The summed E-state index contributed by atoms with van der Waals surface area (Å²) in [6, 6.07) is 10.5. The number of carbonyl (C=O) groups is 2. The van der Waals surface area contributed by atoms with Crippen LogP contribution in [0.25, 0.3) is 0 Å². The Morgan fingerprint density at radius 2 is 1.73 bits per heavy atom. The number of hydrogen-bond donors (Lipinski definition) is 1. The Labute approximate surface area is 131 Å². The molecule has 2 aliphatic heterocycles. The number of piperidine rings is 1. The van der Waals surface area contributed by atoms with Gasteiger partial charge in [0.05, 0.1) is 12.6 Å². The zero-order chi connectivity index (χ0) is 15.5. The lowest BCUT2D eigenvalue weighted by molar-refractivity contribution is -0.145. The summed E-state index contributed by atoms with van der Waals surface area (Å²) in [5.74, 6) is 0.0751. The summed E-state index contributed by atoms with van der Waals surface area (Å²) >= 11 is 0. The smallest absolute Gasteiger partial charge is 0.231 e. The van der Waals surface area contributed by atoms with E-state index in [2.05, 4.69) is 12.1 Å². The number of likely N-dealkylation sites (tertiary alicyclic amines) is 2. The van der Waals surface area contributed by atoms with E-state index >= 15 is 0 Å². The molecule has 0 aliphatic carbocycles. The van der Waals surface area contributed by atoms with E-state index in [0.717, 1.165) is 38.9 Å². The van der Waals surface area contributed by atoms with Crippen LogP contribution < -0.4 is 5.73 Å². The van der Waals surface area contributed by atoms with Gasteiger partial charge in [0.15, 0.2) is 0 Å². The van der Waals surface area contributed by atoms with Gasteiger partial charge in [0.2, 0.25) is 11.8 Å². The molecule has 3 rings (SSSR count). The average Bonchev–Trinajstić information content (AvgIpc) is 2.47. The largest absolute Gasteiger partial charge is 0.369 e. The fourth-order valence-electron chi connectivity index (χ4n) is 3.47. The topological polar surface area (TPSA) is 66.6 Å². The van der Waals surface area contributed by atoms with Gasteiger partial charge in [-0.25, -0.2) is 0 Å². The Hall–Kier alpha value is -1.88. The Bertz CT molecular complexity index is 538. The standard InChI is InChI=1S/C17H23N3O2/c18-16(21)12-19-9-6-14(7-10-19)17(22)20-11-8-15(20)13-4-2-1-3-5-13/h1-5,14-15H,6-12H2,(H2,18,21). The fourth-order valence-corrected chi connectivity index (χ4v) is 3.47. The second kappa shape index (κ2) is 6.48. The van der Waals surface area contributed by atoms with E-state index in [4.69, 9.17) is 5.73 Å². The molecule has 0 aromatic heterocycles. The summed E-state index contributed by atoms with van der Waals surface area (Å²) in [7, 11) is 0. The summed E-state index contributed by atoms with van der Waals surface area (Å²) in [5.41, 5.74) is 6.45. The summed E-state index contributed by atoms with van der Waals surface area (Å²) in [6.45, 7) is 2.73. The number of carbonyl (C=O) groups excluding carboxylic acids is 2. The molecule has 22 heavy (non-hydrogen) atoms. The monoisotopic (exact) mass is 301 g/mol. The third-order valence-electron chi connectivity index (χ3n) is 4.80. The minimum atomic E-state index is -0.295. The number of amides is 2. The Balaban J connectivity index is 1.55. The zero-order valence-electron chi connectivity index (χ0n) is 12.8. The highest BCUT2D eigenvalue weighted by Gasteiger charge is 2.37. The number of nitrogens with zero attached hydrogens (tertiary/aromatic N) is 2. The highest BCUT2D eigenvalue weighted by molar-refractivity contribution is 5.80. The second-order valence-corrected chi connectivity index (χ2v) is 6.26. The van der Waals surface area contributed by atoms with Gasteiger partial charge in [-0.1, -0.05) is 30.3 Å². The Morgan fingerprint density at radius 3 is 2.27 bits per heavy atom. The van der Waals surface area contributed by atoms with Crippen LogP contribution >= 0.6 is 0 Å². The van der Waals surface area contributed by atoms with Gasteiger partial charge in [0.1, 0.15) is 0 Å². The van der Waals surface area contributed by atoms with Crippen molar-refractivity contribution in [2.75, 3.05) is 26.2 Å². The molecular weight excluding hydrogens is 278 g/mol. The van der Waals surface area contributed by atoms with Gasteiger partial charge in [0.25, 0.3) is 0 Å². The summed E-state index contributed by atoms with van der Waals surface area (Å²) in [6.07, 6.45) is 2.70. The summed E-state index contributed by atoms with van der Waals surface area (Å²) in [5, 5.41) is 0. The van der Waals surface area contributed by atoms with Crippen molar-refractivity contribution in [3.8, 4) is 0 Å². The Morgan fingerprint density at radius 1 is 1.05 bits per heavy atom. The molecule has 2 fully saturated rings. The number of primary amides is 1. The second-order valence-electron chi connectivity index (χ2n) is 6.26. The molecule has 0 spiro atoms. The molecule has 5 heteroatoms. The molecule has 1 atom stereocenters. The zero-order valence-corrected chi connectivity index (χ0v) is 12.8. The molecule has 2 N–H and O–H groups in total. The van der Waals surface area contributed by atoms with Gasteiger partial charge in [-0.3, -0.25) is 14.5 Å². The van der Waals surface area contributed by atoms with E-state index in [1.54, 1.807) is 0 Å². The maximum Gasteiger partial charge on any atom is 0.231 e. The molecule has 1 aromatic rings. The van der Waals surface area contributed by atoms with E-state index in [1.165, 1.54) is 5.56 Å². The first-order valence-corrected chi connectivity index (χ1v) is 8.01. The van der Waals surface area contributed by atoms with Crippen molar-refractivity contribution in [2.24, 2.45) is 11.7 Å². The molecule has 0 bridgehead atoms. The highest BCUT2D eigenvalue weighted by atomic mass is 16.2. The van der Waals surface area contributed by atoms with E-state index in [1.807, 2.05) is 28.0 Å². The molecule has 118 valence electrons. The molecule has 2 heterocycles. The van der Waals surface area contributed by atoms with E-state index in [-0.39, 0.29) is 23.8 Å². The average molecular weight is 301 g/mol. The molecule has 1 aromatic carbocycles. The summed E-state index contributed by atoms with van der Waals surface area (Å²) in [4.78, 5) is 27.7. The van der Waals surface area contributed by atoms with Gasteiger partial charge in [-0.15, -0.1) is 0 Å². The molecule has 0 radical (unpaired) electrons. The molecule has 2 aliphatic rings. The number of rotatable bonds is 4. The van der Waals surface area contributed by atoms with Crippen LogP contribution in [0.4, 0.5) is 0 Å². The minimum Gasteiger partial charge on any atom is -0.369 e. The van der Waals surface area contributed by atoms with Crippen LogP contribution in [0.5, 0.6) is 0 Å². The van der Waals surface area contributed by atoms with Gasteiger partial charge < -0.3 is 10.6 Å². The number of benzene rings is 1. The molecule has 0 saturated carbocycles. The molecule has 2 amide bonds. The maximum absolute atomic E-state index is 12.7. The van der Waals surface area contributed by atoms with Gasteiger partial charge in [-0.05, 0) is 37.9 Å². The van der Waals surface area contributed by atoms with Gasteiger partial charge in [0, 0.05) is 12.5 Å². The lowest BCUT2D eigenvalue weighted by Crippen LogP contribution is -2.50. The molecule has 2 saturated heterocycles. The fraction of sp³-hybridized carbons (Fsp3) is 0.529. The third kappa shape index (κ3) is 3.14. The van der Waals surface area contributed by atoms with Crippen molar-refractivity contribution in [1.82, 2.24) is 9.80 Å². The molecular formula is C17H23N3O2. The van der Waals surface area contributed by atoms with Crippen LogP contribution in [0.2, 0.25) is 0 Å². The minimum absolute atomic E-state index is 0.0932. The van der Waals surface area contributed by atoms with Crippen molar-refractivity contribution >= 4 is 11.8 Å². The summed E-state index contributed by atoms with van der Waals surface area (Å²) < 4.78 is 0. The van der Waals surface area contributed by atoms with Crippen molar-refractivity contribution in [3.05, 3.63) is 35.9 Å². The number of nitrogens with two attached hydrogens (primary N) is 1. The Kier molecular flexibility index (Phi) is 4.43. The van der Waals surface area contributed by atoms with E-state index in [0.29, 0.717) is 6.54 Å². The normalized spacial score (nSPS) is 23.1. The van der Waals surface area contributed by atoms with Crippen LogP contribution in [-0.4, -0.2) is 47.8 Å². The maximum atomic E-state index is 12.7. The van der Waals surface area contributed by atoms with Gasteiger partial charge in [-0.2, -0.15) is 0 Å². The number of hydrogen-bond acceptors (Lipinski definition) is 3. The highest BCUT2D eigenvalue weighted by Crippen LogP contribution is 2.35. The van der Waals surface area contributed by atoms with E-state index < -0.39 is 0 Å². The van der Waals surface area contributed by atoms with E-state index in [9.17, 15) is 9.59 Å². The van der Waals surface area contributed by atoms with Crippen LogP contribution in [-0.2, 0) is 9.59 Å². The van der Waals surface area contributed by atoms with Crippen molar-refractivity contribution in [3.63, 3.8) is 0 Å². The van der Waals surface area contributed by atoms with Crippen molar-refractivity contribution < 1.29 is 9.59 Å². The quantitative estimate of drug-likeness (QED) is 0.907.